The lowest BCUT2D eigenvalue weighted by molar-refractivity contribution is 0.415. The monoisotopic (exact) mass is 266 g/mol. The lowest BCUT2D eigenvalue weighted by Gasteiger charge is -2.14. The molecule has 0 aromatic carbocycles. The Labute approximate surface area is 111 Å². The first kappa shape index (κ1) is 13.0. The summed E-state index contributed by atoms with van der Waals surface area (Å²) >= 11 is 1.71. The van der Waals surface area contributed by atoms with Crippen molar-refractivity contribution < 1.29 is 4.74 Å². The normalized spacial score (nSPS) is 12.6. The minimum Gasteiger partial charge on any atom is -0.496 e. The number of thiophene rings is 1. The number of aryl methyl sites for hydroxylation is 1. The highest BCUT2D eigenvalue weighted by molar-refractivity contribution is 7.10. The highest BCUT2D eigenvalue weighted by atomic mass is 32.1. The van der Waals surface area contributed by atoms with Gasteiger partial charge < -0.3 is 10.1 Å². The Kier molecular flexibility index (Phi) is 4.33. The summed E-state index contributed by atoms with van der Waals surface area (Å²) in [5.41, 5.74) is 0.996. The summed E-state index contributed by atoms with van der Waals surface area (Å²) in [7, 11) is 3.57. The molecule has 0 saturated carbocycles. The third-order valence-corrected chi connectivity index (χ3v) is 3.71. The molecule has 0 aliphatic rings. The molecule has 0 bridgehead atoms. The average Bonchev–Trinajstić information content (AvgIpc) is 2.97. The van der Waals surface area contributed by atoms with Crippen LogP contribution in [-0.4, -0.2) is 28.6 Å². The summed E-state index contributed by atoms with van der Waals surface area (Å²) in [5, 5.41) is 13.6. The van der Waals surface area contributed by atoms with Crippen LogP contribution in [0.15, 0.2) is 17.6 Å². The molecular formula is C12H18N4OS. The fourth-order valence-electron chi connectivity index (χ4n) is 1.84. The van der Waals surface area contributed by atoms with Crippen LogP contribution in [0.1, 0.15) is 23.5 Å². The third-order valence-electron chi connectivity index (χ3n) is 2.69. The first-order valence-corrected chi connectivity index (χ1v) is 6.82. The number of rotatable bonds is 6. The number of nitrogens with zero attached hydrogens (tertiary/aromatic N) is 3. The molecule has 0 aliphatic heterocycles. The van der Waals surface area contributed by atoms with Crippen molar-refractivity contribution in [2.45, 2.75) is 19.4 Å². The molecule has 1 atom stereocenters. The molecule has 0 amide bonds. The fraction of sp³-hybridized carbons (Fsp3) is 0.500. The second-order valence-corrected chi connectivity index (χ2v) is 5.03. The van der Waals surface area contributed by atoms with Gasteiger partial charge in [0.1, 0.15) is 5.75 Å². The van der Waals surface area contributed by atoms with Crippen LogP contribution in [0.25, 0.3) is 0 Å². The van der Waals surface area contributed by atoms with E-state index in [-0.39, 0.29) is 6.04 Å². The molecule has 2 rings (SSSR count). The number of likely N-dealkylation sites (N-methyl/N-ethyl adjacent to an activating group) is 1. The van der Waals surface area contributed by atoms with Crippen molar-refractivity contribution in [1.29, 1.82) is 0 Å². The first-order chi connectivity index (χ1) is 8.72. The van der Waals surface area contributed by atoms with Gasteiger partial charge in [-0.15, -0.1) is 16.4 Å². The first-order valence-electron chi connectivity index (χ1n) is 5.94. The molecule has 2 heterocycles. The second-order valence-electron chi connectivity index (χ2n) is 4.09. The van der Waals surface area contributed by atoms with Crippen LogP contribution in [0, 0.1) is 0 Å². The van der Waals surface area contributed by atoms with E-state index in [4.69, 9.17) is 4.74 Å². The van der Waals surface area contributed by atoms with Gasteiger partial charge in [-0.05, 0) is 12.6 Å². The van der Waals surface area contributed by atoms with E-state index in [1.165, 1.54) is 4.88 Å². The van der Waals surface area contributed by atoms with Crippen LogP contribution in [0.2, 0.25) is 0 Å². The van der Waals surface area contributed by atoms with E-state index < -0.39 is 0 Å². The second kappa shape index (κ2) is 5.97. The molecule has 18 heavy (non-hydrogen) atoms. The van der Waals surface area contributed by atoms with E-state index in [9.17, 15) is 0 Å². The van der Waals surface area contributed by atoms with Crippen LogP contribution in [0.4, 0.5) is 0 Å². The van der Waals surface area contributed by atoms with Gasteiger partial charge in [0, 0.05) is 36.0 Å². The number of ether oxygens (including phenoxy) is 1. The lowest BCUT2D eigenvalue weighted by Crippen LogP contribution is -2.22. The van der Waals surface area contributed by atoms with Crippen LogP contribution in [0.5, 0.6) is 5.75 Å². The highest BCUT2D eigenvalue weighted by Gasteiger charge is 2.15. The van der Waals surface area contributed by atoms with Crippen LogP contribution < -0.4 is 10.1 Å². The quantitative estimate of drug-likeness (QED) is 0.866. The van der Waals surface area contributed by atoms with Crippen LogP contribution >= 0.6 is 11.3 Å². The zero-order chi connectivity index (χ0) is 13.0. The van der Waals surface area contributed by atoms with Gasteiger partial charge in [-0.2, -0.15) is 0 Å². The summed E-state index contributed by atoms with van der Waals surface area (Å²) < 4.78 is 6.96. The number of hydrogen-bond acceptors (Lipinski definition) is 5. The predicted octanol–water partition coefficient (Wildman–Crippen LogP) is 1.78. The molecule has 0 radical (unpaired) electrons. The Hall–Kier alpha value is -1.40. The van der Waals surface area contributed by atoms with E-state index in [0.717, 1.165) is 24.4 Å². The maximum absolute atomic E-state index is 5.23. The van der Waals surface area contributed by atoms with Crippen molar-refractivity contribution in [3.8, 4) is 5.75 Å². The molecule has 0 saturated heterocycles. The van der Waals surface area contributed by atoms with Gasteiger partial charge in [-0.3, -0.25) is 4.68 Å². The van der Waals surface area contributed by atoms with Gasteiger partial charge in [0.25, 0.3) is 0 Å². The van der Waals surface area contributed by atoms with Gasteiger partial charge in [-0.25, -0.2) is 0 Å². The Morgan fingerprint density at radius 3 is 2.94 bits per heavy atom. The number of nitrogens with one attached hydrogen (secondary N) is 1. The van der Waals surface area contributed by atoms with Crippen molar-refractivity contribution >= 4 is 11.3 Å². The number of hydrogen-bond donors (Lipinski definition) is 1. The Morgan fingerprint density at radius 2 is 2.39 bits per heavy atom. The molecule has 0 spiro atoms. The maximum atomic E-state index is 5.23. The van der Waals surface area contributed by atoms with Crippen molar-refractivity contribution in [2.75, 3.05) is 13.7 Å². The molecule has 0 aliphatic carbocycles. The Balaban J connectivity index is 2.12. The van der Waals surface area contributed by atoms with Gasteiger partial charge >= 0.3 is 0 Å². The summed E-state index contributed by atoms with van der Waals surface area (Å²) in [4.78, 5) is 1.26. The summed E-state index contributed by atoms with van der Waals surface area (Å²) in [6.07, 6.45) is 2.79. The fourth-order valence-corrected chi connectivity index (χ4v) is 2.77. The maximum Gasteiger partial charge on any atom is 0.129 e. The largest absolute Gasteiger partial charge is 0.496 e. The summed E-state index contributed by atoms with van der Waals surface area (Å²) in [5.74, 6) is 0.914. The molecule has 1 N–H and O–H groups in total. The highest BCUT2D eigenvalue weighted by Crippen LogP contribution is 2.28. The van der Waals surface area contributed by atoms with E-state index in [2.05, 4.69) is 28.6 Å². The van der Waals surface area contributed by atoms with Gasteiger partial charge in [0.05, 0.1) is 12.8 Å². The van der Waals surface area contributed by atoms with Gasteiger partial charge in [0.2, 0.25) is 0 Å². The van der Waals surface area contributed by atoms with E-state index >= 15 is 0 Å². The molecule has 2 aromatic rings. The minimum absolute atomic E-state index is 0.264. The molecule has 6 heteroatoms. The standard InChI is InChI=1S/C12H18N4OS/c1-4-13-11(5-9-7-16(2)15-14-9)12-6-10(17-3)8-18-12/h6-8,11,13H,4-5H2,1-3H3. The zero-order valence-electron chi connectivity index (χ0n) is 10.9. The number of methoxy groups -OCH3 is 1. The summed E-state index contributed by atoms with van der Waals surface area (Å²) in [6.45, 7) is 3.03. The lowest BCUT2D eigenvalue weighted by atomic mass is 10.1. The Bertz CT molecular complexity index is 494. The van der Waals surface area contributed by atoms with Crippen molar-refractivity contribution in [3.05, 3.63) is 28.2 Å². The molecule has 2 aromatic heterocycles. The zero-order valence-corrected chi connectivity index (χ0v) is 11.7. The van der Waals surface area contributed by atoms with Crippen LogP contribution in [0.3, 0.4) is 0 Å². The molecule has 0 fully saturated rings. The van der Waals surface area contributed by atoms with E-state index in [1.807, 2.05) is 18.6 Å². The van der Waals surface area contributed by atoms with E-state index in [0.29, 0.717) is 0 Å². The van der Waals surface area contributed by atoms with Crippen molar-refractivity contribution in [1.82, 2.24) is 20.3 Å². The van der Waals surface area contributed by atoms with Crippen molar-refractivity contribution in [2.24, 2.45) is 7.05 Å². The summed E-state index contributed by atoms with van der Waals surface area (Å²) in [6, 6.07) is 2.34. The molecular weight excluding hydrogens is 248 g/mol. The average molecular weight is 266 g/mol. The SMILES string of the molecule is CCNC(Cc1cn(C)nn1)c1cc(OC)cs1. The molecule has 1 unspecified atom stereocenters. The third kappa shape index (κ3) is 3.08. The van der Waals surface area contributed by atoms with Crippen LogP contribution in [-0.2, 0) is 13.5 Å². The molecule has 5 nitrogen and oxygen atoms in total. The predicted molar refractivity (Wildman–Crippen MR) is 72.0 cm³/mol. The Morgan fingerprint density at radius 1 is 1.56 bits per heavy atom. The topological polar surface area (TPSA) is 52.0 Å². The van der Waals surface area contributed by atoms with Gasteiger partial charge in [-0.1, -0.05) is 12.1 Å². The van der Waals surface area contributed by atoms with E-state index in [1.54, 1.807) is 23.1 Å². The molecule has 98 valence electrons. The van der Waals surface area contributed by atoms with Crippen molar-refractivity contribution in [3.63, 3.8) is 0 Å². The smallest absolute Gasteiger partial charge is 0.129 e. The minimum atomic E-state index is 0.264. The number of aromatic nitrogens is 3. The van der Waals surface area contributed by atoms with Gasteiger partial charge in [0.15, 0.2) is 0 Å².